The Bertz CT molecular complexity index is 600. The van der Waals surface area contributed by atoms with Gasteiger partial charge in [-0.15, -0.1) is 0 Å². The van der Waals surface area contributed by atoms with E-state index in [0.717, 1.165) is 36.7 Å². The van der Waals surface area contributed by atoms with Crippen molar-refractivity contribution in [3.8, 4) is 0 Å². The maximum atomic E-state index is 12.7. The van der Waals surface area contributed by atoms with Crippen LogP contribution in [-0.4, -0.2) is 6.67 Å². The average Bonchev–Trinajstić information content (AvgIpc) is 2.71. The van der Waals surface area contributed by atoms with E-state index in [1.54, 1.807) is 12.1 Å². The first kappa shape index (κ1) is 21.4. The number of benzene rings is 1. The van der Waals surface area contributed by atoms with Crippen molar-refractivity contribution >= 4 is 0 Å². The molecule has 0 spiro atoms. The van der Waals surface area contributed by atoms with Gasteiger partial charge in [-0.05, 0) is 106 Å². The Morgan fingerprint density at radius 2 is 1.39 bits per heavy atom. The van der Waals surface area contributed by atoms with Crippen molar-refractivity contribution < 1.29 is 17.6 Å². The molecule has 2 aliphatic carbocycles. The van der Waals surface area contributed by atoms with Gasteiger partial charge in [0.1, 0.15) is 0 Å². The first-order chi connectivity index (χ1) is 13.5. The van der Waals surface area contributed by atoms with Crippen LogP contribution in [0.3, 0.4) is 0 Å². The van der Waals surface area contributed by atoms with E-state index in [1.807, 2.05) is 0 Å². The number of allylic oxidation sites excluding steroid dienone is 2. The van der Waals surface area contributed by atoms with Crippen LogP contribution in [0.5, 0.6) is 0 Å². The number of hydrogen-bond donors (Lipinski definition) is 0. The highest BCUT2D eigenvalue weighted by Gasteiger charge is 2.32. The Morgan fingerprint density at radius 3 is 1.93 bits per heavy atom. The van der Waals surface area contributed by atoms with E-state index in [2.05, 4.69) is 12.2 Å². The van der Waals surface area contributed by atoms with Gasteiger partial charge in [0.25, 0.3) is 0 Å². The van der Waals surface area contributed by atoms with Crippen molar-refractivity contribution in [2.45, 2.75) is 76.3 Å². The van der Waals surface area contributed by atoms with E-state index in [-0.39, 0.29) is 6.67 Å². The lowest BCUT2D eigenvalue weighted by Crippen LogP contribution is -2.25. The topological polar surface area (TPSA) is 0 Å². The zero-order valence-corrected chi connectivity index (χ0v) is 16.6. The summed E-state index contributed by atoms with van der Waals surface area (Å²) in [6.45, 7) is -0.230. The SMILES string of the molecule is FCCCC=C[C@H]1CC[C@H]([C@H]2CC[C@H](c3ccc(C(F)(F)F)cc3)CC2)CC1. The molecule has 2 fully saturated rings. The minimum absolute atomic E-state index is 0.230. The second-order valence-electron chi connectivity index (χ2n) is 8.67. The van der Waals surface area contributed by atoms with Gasteiger partial charge in [-0.3, -0.25) is 4.39 Å². The van der Waals surface area contributed by atoms with Crippen LogP contribution < -0.4 is 0 Å². The molecule has 0 atom stereocenters. The number of alkyl halides is 4. The van der Waals surface area contributed by atoms with E-state index in [1.165, 1.54) is 50.7 Å². The molecule has 1 aromatic carbocycles. The lowest BCUT2D eigenvalue weighted by molar-refractivity contribution is -0.137. The van der Waals surface area contributed by atoms with E-state index >= 15 is 0 Å². The molecule has 0 N–H and O–H groups in total. The van der Waals surface area contributed by atoms with Gasteiger partial charge in [0.05, 0.1) is 12.2 Å². The van der Waals surface area contributed by atoms with Crippen molar-refractivity contribution in [3.05, 3.63) is 47.5 Å². The Hall–Kier alpha value is -1.32. The fourth-order valence-electron chi connectivity index (χ4n) is 5.16. The molecule has 2 aliphatic rings. The minimum Gasteiger partial charge on any atom is -0.251 e. The highest BCUT2D eigenvalue weighted by molar-refractivity contribution is 5.27. The van der Waals surface area contributed by atoms with Gasteiger partial charge in [0, 0.05) is 0 Å². The van der Waals surface area contributed by atoms with Crippen LogP contribution in [0.25, 0.3) is 0 Å². The Labute approximate surface area is 166 Å². The standard InChI is InChI=1S/C24H32F4/c25-17-3-1-2-4-18-5-7-19(8-6-18)20-9-11-21(12-10-20)22-13-15-23(16-14-22)24(26,27)28/h2,4,13-16,18-21H,1,3,5-12,17H2/t18-,19-,20-,21-. The van der Waals surface area contributed by atoms with Crippen LogP contribution in [-0.2, 0) is 6.18 Å². The molecule has 0 radical (unpaired) electrons. The Morgan fingerprint density at radius 1 is 0.821 bits per heavy atom. The summed E-state index contributed by atoms with van der Waals surface area (Å²) in [5.41, 5.74) is 0.508. The normalized spacial score (nSPS) is 29.3. The van der Waals surface area contributed by atoms with Crippen LogP contribution in [0.4, 0.5) is 17.6 Å². The summed E-state index contributed by atoms with van der Waals surface area (Å²) < 4.78 is 50.3. The maximum absolute atomic E-state index is 12.7. The van der Waals surface area contributed by atoms with Gasteiger partial charge in [0.15, 0.2) is 0 Å². The molecule has 3 rings (SSSR count). The van der Waals surface area contributed by atoms with E-state index in [0.29, 0.717) is 18.3 Å². The predicted molar refractivity (Wildman–Crippen MR) is 106 cm³/mol. The third kappa shape index (κ3) is 5.84. The number of rotatable bonds is 6. The minimum atomic E-state index is -4.25. The molecule has 0 aliphatic heterocycles. The molecular weight excluding hydrogens is 364 g/mol. The van der Waals surface area contributed by atoms with Crippen molar-refractivity contribution in [2.75, 3.05) is 6.67 Å². The highest BCUT2D eigenvalue weighted by atomic mass is 19.4. The van der Waals surface area contributed by atoms with Crippen molar-refractivity contribution in [2.24, 2.45) is 17.8 Å². The molecular formula is C24H32F4. The molecule has 0 nitrogen and oxygen atoms in total. The van der Waals surface area contributed by atoms with Gasteiger partial charge in [-0.2, -0.15) is 13.2 Å². The van der Waals surface area contributed by atoms with Gasteiger partial charge < -0.3 is 0 Å². The van der Waals surface area contributed by atoms with E-state index in [4.69, 9.17) is 0 Å². The molecule has 28 heavy (non-hydrogen) atoms. The average molecular weight is 397 g/mol. The molecule has 4 heteroatoms. The molecule has 0 aromatic heterocycles. The number of hydrogen-bond acceptors (Lipinski definition) is 0. The van der Waals surface area contributed by atoms with Crippen LogP contribution in [0.1, 0.15) is 81.3 Å². The van der Waals surface area contributed by atoms with Crippen LogP contribution in [0.2, 0.25) is 0 Å². The lowest BCUT2D eigenvalue weighted by Gasteiger charge is -2.37. The molecule has 156 valence electrons. The van der Waals surface area contributed by atoms with Crippen molar-refractivity contribution in [1.82, 2.24) is 0 Å². The number of halogens is 4. The van der Waals surface area contributed by atoms with Crippen LogP contribution in [0, 0.1) is 17.8 Å². The fraction of sp³-hybridized carbons (Fsp3) is 0.667. The summed E-state index contributed by atoms with van der Waals surface area (Å²) in [4.78, 5) is 0. The monoisotopic (exact) mass is 396 g/mol. The van der Waals surface area contributed by atoms with E-state index in [9.17, 15) is 17.6 Å². The summed E-state index contributed by atoms with van der Waals surface area (Å²) in [6.07, 6.45) is 11.3. The quantitative estimate of drug-likeness (QED) is 0.259. The van der Waals surface area contributed by atoms with Crippen LogP contribution in [0.15, 0.2) is 36.4 Å². The van der Waals surface area contributed by atoms with Crippen LogP contribution >= 0.6 is 0 Å². The molecule has 1 aromatic rings. The van der Waals surface area contributed by atoms with Crippen molar-refractivity contribution in [3.63, 3.8) is 0 Å². The molecule has 0 heterocycles. The third-order valence-corrected chi connectivity index (χ3v) is 6.88. The summed E-state index contributed by atoms with van der Waals surface area (Å²) in [7, 11) is 0. The fourth-order valence-corrected chi connectivity index (χ4v) is 5.16. The molecule has 0 unspecified atom stereocenters. The van der Waals surface area contributed by atoms with Gasteiger partial charge in [-0.1, -0.05) is 24.3 Å². The molecule has 2 saturated carbocycles. The zero-order chi connectivity index (χ0) is 20.0. The van der Waals surface area contributed by atoms with E-state index < -0.39 is 11.7 Å². The maximum Gasteiger partial charge on any atom is 0.416 e. The largest absolute Gasteiger partial charge is 0.416 e. The summed E-state index contributed by atoms with van der Waals surface area (Å²) >= 11 is 0. The summed E-state index contributed by atoms with van der Waals surface area (Å²) in [5, 5.41) is 0. The Kier molecular flexibility index (Phi) is 7.59. The highest BCUT2D eigenvalue weighted by Crippen LogP contribution is 2.44. The molecule has 0 bridgehead atoms. The Balaban J connectivity index is 1.43. The second kappa shape index (κ2) is 9.93. The number of unbranched alkanes of at least 4 members (excludes halogenated alkanes) is 1. The van der Waals surface area contributed by atoms with Gasteiger partial charge >= 0.3 is 6.18 Å². The summed E-state index contributed by atoms with van der Waals surface area (Å²) in [6, 6.07) is 5.80. The molecule has 0 amide bonds. The van der Waals surface area contributed by atoms with Crippen molar-refractivity contribution in [1.29, 1.82) is 0 Å². The lowest BCUT2D eigenvalue weighted by atomic mass is 9.68. The first-order valence-corrected chi connectivity index (χ1v) is 10.9. The second-order valence-corrected chi connectivity index (χ2v) is 8.67. The predicted octanol–water partition coefficient (Wildman–Crippen LogP) is 8.09. The smallest absolute Gasteiger partial charge is 0.251 e. The molecule has 0 saturated heterocycles. The first-order valence-electron chi connectivity index (χ1n) is 10.9. The van der Waals surface area contributed by atoms with Gasteiger partial charge in [-0.25, -0.2) is 0 Å². The third-order valence-electron chi connectivity index (χ3n) is 6.88. The zero-order valence-electron chi connectivity index (χ0n) is 16.6. The van der Waals surface area contributed by atoms with Gasteiger partial charge in [0.2, 0.25) is 0 Å². The summed E-state index contributed by atoms with van der Waals surface area (Å²) in [5.74, 6) is 2.67.